The predicted molar refractivity (Wildman–Crippen MR) is 59.6 cm³/mol. The highest BCUT2D eigenvalue weighted by Gasteiger charge is 2.36. The van der Waals surface area contributed by atoms with Crippen LogP contribution in [0.25, 0.3) is 0 Å². The Morgan fingerprint density at radius 3 is 2.50 bits per heavy atom. The molecule has 0 aromatic carbocycles. The molecule has 0 radical (unpaired) electrons. The van der Waals surface area contributed by atoms with Gasteiger partial charge in [-0.2, -0.15) is 5.10 Å². The average molecular weight is 257 g/mol. The van der Waals surface area contributed by atoms with Crippen LogP contribution in [0.15, 0.2) is 16.9 Å². The van der Waals surface area contributed by atoms with Crippen LogP contribution in [0, 0.1) is 0 Å². The SMILES string of the molecule is Cn1nc(C(=O)N2CCC(F)(F)CC2)ccc1=O. The first-order chi connectivity index (χ1) is 8.39. The van der Waals surface area contributed by atoms with E-state index in [2.05, 4.69) is 5.10 Å². The lowest BCUT2D eigenvalue weighted by Crippen LogP contribution is -2.43. The van der Waals surface area contributed by atoms with Gasteiger partial charge in [0.05, 0.1) is 0 Å². The summed E-state index contributed by atoms with van der Waals surface area (Å²) in [4.78, 5) is 24.4. The molecule has 0 saturated carbocycles. The fraction of sp³-hybridized carbons (Fsp3) is 0.545. The molecule has 0 aliphatic carbocycles. The fourth-order valence-corrected chi connectivity index (χ4v) is 1.82. The highest BCUT2D eigenvalue weighted by molar-refractivity contribution is 5.92. The minimum Gasteiger partial charge on any atom is -0.337 e. The third-order valence-corrected chi connectivity index (χ3v) is 2.96. The van der Waals surface area contributed by atoms with Gasteiger partial charge in [-0.1, -0.05) is 0 Å². The van der Waals surface area contributed by atoms with Gasteiger partial charge in [-0.05, 0) is 6.07 Å². The van der Waals surface area contributed by atoms with Crippen LogP contribution in [-0.4, -0.2) is 39.6 Å². The maximum atomic E-state index is 13.0. The lowest BCUT2D eigenvalue weighted by Gasteiger charge is -2.31. The zero-order chi connectivity index (χ0) is 13.3. The van der Waals surface area contributed by atoms with Gasteiger partial charge in [-0.3, -0.25) is 9.59 Å². The van der Waals surface area contributed by atoms with Gasteiger partial charge in [0, 0.05) is 39.0 Å². The van der Waals surface area contributed by atoms with Gasteiger partial charge in [-0.15, -0.1) is 0 Å². The molecule has 1 fully saturated rings. The van der Waals surface area contributed by atoms with E-state index in [1.165, 1.54) is 24.1 Å². The molecule has 0 unspecified atom stereocenters. The number of halogens is 2. The maximum Gasteiger partial charge on any atom is 0.274 e. The topological polar surface area (TPSA) is 55.2 Å². The Balaban J connectivity index is 2.12. The van der Waals surface area contributed by atoms with E-state index in [9.17, 15) is 18.4 Å². The van der Waals surface area contributed by atoms with Crippen molar-refractivity contribution in [2.24, 2.45) is 7.05 Å². The van der Waals surface area contributed by atoms with E-state index in [-0.39, 0.29) is 37.2 Å². The van der Waals surface area contributed by atoms with E-state index in [1.807, 2.05) is 0 Å². The number of nitrogens with zero attached hydrogens (tertiary/aromatic N) is 3. The van der Waals surface area contributed by atoms with Crippen molar-refractivity contribution in [2.75, 3.05) is 13.1 Å². The van der Waals surface area contributed by atoms with Gasteiger partial charge in [0.25, 0.3) is 17.4 Å². The van der Waals surface area contributed by atoms with E-state index >= 15 is 0 Å². The molecule has 1 aromatic heterocycles. The molecule has 7 heteroatoms. The molecule has 2 rings (SSSR count). The number of aromatic nitrogens is 2. The fourth-order valence-electron chi connectivity index (χ4n) is 1.82. The number of amides is 1. The molecule has 2 heterocycles. The summed E-state index contributed by atoms with van der Waals surface area (Å²) in [6, 6.07) is 2.55. The van der Waals surface area contributed by atoms with Crippen molar-refractivity contribution in [2.45, 2.75) is 18.8 Å². The standard InChI is InChI=1S/C11H13F2N3O2/c1-15-9(17)3-2-8(14-15)10(18)16-6-4-11(12,13)5-7-16/h2-3H,4-7H2,1H3. The van der Waals surface area contributed by atoms with E-state index in [0.717, 1.165) is 4.68 Å². The zero-order valence-electron chi connectivity index (χ0n) is 9.90. The van der Waals surface area contributed by atoms with Gasteiger partial charge < -0.3 is 4.90 Å². The third kappa shape index (κ3) is 2.55. The second-order valence-corrected chi connectivity index (χ2v) is 4.33. The molecular weight excluding hydrogens is 244 g/mol. The second-order valence-electron chi connectivity index (χ2n) is 4.33. The van der Waals surface area contributed by atoms with E-state index in [0.29, 0.717) is 0 Å². The Morgan fingerprint density at radius 2 is 1.94 bits per heavy atom. The van der Waals surface area contributed by atoms with Crippen LogP contribution in [0.2, 0.25) is 0 Å². The molecule has 98 valence electrons. The summed E-state index contributed by atoms with van der Waals surface area (Å²) < 4.78 is 27.0. The largest absolute Gasteiger partial charge is 0.337 e. The van der Waals surface area contributed by atoms with Crippen LogP contribution in [0.3, 0.4) is 0 Å². The Hall–Kier alpha value is -1.79. The van der Waals surface area contributed by atoms with Crippen molar-refractivity contribution in [3.8, 4) is 0 Å². The molecule has 1 saturated heterocycles. The third-order valence-electron chi connectivity index (χ3n) is 2.96. The lowest BCUT2D eigenvalue weighted by atomic mass is 10.1. The quantitative estimate of drug-likeness (QED) is 0.742. The number of carbonyl (C=O) groups excluding carboxylic acids is 1. The average Bonchev–Trinajstić information content (AvgIpc) is 2.32. The van der Waals surface area contributed by atoms with Gasteiger partial charge in [0.1, 0.15) is 5.69 Å². The van der Waals surface area contributed by atoms with E-state index < -0.39 is 11.8 Å². The van der Waals surface area contributed by atoms with Gasteiger partial charge in [0.2, 0.25) is 0 Å². The molecule has 0 spiro atoms. The number of carbonyl (C=O) groups is 1. The highest BCUT2D eigenvalue weighted by atomic mass is 19.3. The van der Waals surface area contributed by atoms with Crippen molar-refractivity contribution in [3.05, 3.63) is 28.2 Å². The first kappa shape index (κ1) is 12.7. The van der Waals surface area contributed by atoms with Gasteiger partial charge >= 0.3 is 0 Å². The molecule has 0 bridgehead atoms. The molecule has 0 N–H and O–H groups in total. The molecule has 18 heavy (non-hydrogen) atoms. The van der Waals surface area contributed by atoms with Crippen LogP contribution >= 0.6 is 0 Å². The molecule has 1 amide bonds. The van der Waals surface area contributed by atoms with E-state index in [1.54, 1.807) is 0 Å². The number of alkyl halides is 2. The maximum absolute atomic E-state index is 13.0. The summed E-state index contributed by atoms with van der Waals surface area (Å²) >= 11 is 0. The first-order valence-electron chi connectivity index (χ1n) is 5.60. The molecule has 0 atom stereocenters. The number of hydrogen-bond acceptors (Lipinski definition) is 3. The lowest BCUT2D eigenvalue weighted by molar-refractivity contribution is -0.0495. The smallest absolute Gasteiger partial charge is 0.274 e. The highest BCUT2D eigenvalue weighted by Crippen LogP contribution is 2.28. The zero-order valence-corrected chi connectivity index (χ0v) is 9.90. The van der Waals surface area contributed by atoms with Crippen LogP contribution in [0.5, 0.6) is 0 Å². The summed E-state index contributed by atoms with van der Waals surface area (Å²) in [6.45, 7) is 0.0205. The Kier molecular flexibility index (Phi) is 3.14. The Bertz CT molecular complexity index is 517. The molecule has 1 aliphatic heterocycles. The minimum absolute atomic E-state index is 0.0103. The summed E-state index contributed by atoms with van der Waals surface area (Å²) in [7, 11) is 1.43. The van der Waals surface area contributed by atoms with Crippen molar-refractivity contribution < 1.29 is 13.6 Å². The summed E-state index contributed by atoms with van der Waals surface area (Å²) in [5.74, 6) is -3.10. The number of likely N-dealkylation sites (tertiary alicyclic amines) is 1. The molecule has 1 aliphatic rings. The first-order valence-corrected chi connectivity index (χ1v) is 5.60. The van der Waals surface area contributed by atoms with Gasteiger partial charge in [0.15, 0.2) is 0 Å². The Labute approximate surface area is 102 Å². The normalized spacial score (nSPS) is 18.7. The minimum atomic E-state index is -2.69. The number of rotatable bonds is 1. The van der Waals surface area contributed by atoms with Gasteiger partial charge in [-0.25, -0.2) is 13.5 Å². The van der Waals surface area contributed by atoms with Crippen LogP contribution in [0.1, 0.15) is 23.3 Å². The monoisotopic (exact) mass is 257 g/mol. The van der Waals surface area contributed by atoms with Crippen LogP contribution < -0.4 is 5.56 Å². The second kappa shape index (κ2) is 4.47. The summed E-state index contributed by atoms with van der Waals surface area (Å²) in [5, 5.41) is 3.81. The number of piperidine rings is 1. The molecular formula is C11H13F2N3O2. The van der Waals surface area contributed by atoms with E-state index in [4.69, 9.17) is 0 Å². The number of aryl methyl sites for hydroxylation is 1. The molecule has 5 nitrogen and oxygen atoms in total. The van der Waals surface area contributed by atoms with Crippen molar-refractivity contribution in [1.29, 1.82) is 0 Å². The van der Waals surface area contributed by atoms with Crippen molar-refractivity contribution >= 4 is 5.91 Å². The van der Waals surface area contributed by atoms with Crippen molar-refractivity contribution in [1.82, 2.24) is 14.7 Å². The van der Waals surface area contributed by atoms with Crippen LogP contribution in [0.4, 0.5) is 8.78 Å². The summed E-state index contributed by atoms with van der Waals surface area (Å²) in [6.07, 6.45) is -0.658. The van der Waals surface area contributed by atoms with Crippen LogP contribution in [-0.2, 0) is 7.05 Å². The predicted octanol–water partition coefficient (Wildman–Crippen LogP) is 0.652. The molecule has 1 aromatic rings. The van der Waals surface area contributed by atoms with Crippen molar-refractivity contribution in [3.63, 3.8) is 0 Å². The Morgan fingerprint density at radius 1 is 1.33 bits per heavy atom. The summed E-state index contributed by atoms with van der Waals surface area (Å²) in [5.41, 5.74) is -0.223. The number of hydrogen-bond donors (Lipinski definition) is 0.